The van der Waals surface area contributed by atoms with Gasteiger partial charge >= 0.3 is 5.97 Å². The molecule has 0 aliphatic rings. The lowest BCUT2D eigenvalue weighted by Crippen LogP contribution is -2.43. The number of carbonyl (C=O) groups is 2. The van der Waals surface area contributed by atoms with Crippen molar-refractivity contribution >= 4 is 22.8 Å². The fraction of sp³-hybridized carbons (Fsp3) is 0.613. The van der Waals surface area contributed by atoms with E-state index < -0.39 is 6.04 Å². The molecule has 0 saturated carbocycles. The summed E-state index contributed by atoms with van der Waals surface area (Å²) in [4.78, 5) is 28.3. The lowest BCUT2D eigenvalue weighted by atomic mass is 10.0. The van der Waals surface area contributed by atoms with Crippen molar-refractivity contribution in [2.24, 2.45) is 0 Å². The summed E-state index contributed by atoms with van der Waals surface area (Å²) in [6.45, 7) is 4.35. The van der Waals surface area contributed by atoms with Gasteiger partial charge in [-0.1, -0.05) is 88.6 Å². The summed E-state index contributed by atoms with van der Waals surface area (Å²) in [5.41, 5.74) is 2.03. The van der Waals surface area contributed by atoms with E-state index in [2.05, 4.69) is 29.4 Å². The van der Waals surface area contributed by atoms with Gasteiger partial charge in [-0.25, -0.2) is 4.79 Å². The third-order valence-electron chi connectivity index (χ3n) is 6.67. The van der Waals surface area contributed by atoms with E-state index in [9.17, 15) is 9.59 Å². The van der Waals surface area contributed by atoms with Crippen LogP contribution in [-0.2, 0) is 20.7 Å². The van der Waals surface area contributed by atoms with Crippen LogP contribution in [0.4, 0.5) is 0 Å². The molecule has 0 aliphatic carbocycles. The van der Waals surface area contributed by atoms with Gasteiger partial charge in [0.25, 0.3) is 0 Å². The Balaban J connectivity index is 1.59. The molecule has 0 bridgehead atoms. The van der Waals surface area contributed by atoms with Gasteiger partial charge in [-0.3, -0.25) is 4.79 Å². The number of esters is 1. The average molecular weight is 497 g/mol. The van der Waals surface area contributed by atoms with Crippen LogP contribution >= 0.6 is 0 Å². The quantitative estimate of drug-likeness (QED) is 0.112. The van der Waals surface area contributed by atoms with E-state index in [-0.39, 0.29) is 11.9 Å². The first-order valence-electron chi connectivity index (χ1n) is 14.3. The molecule has 0 spiro atoms. The van der Waals surface area contributed by atoms with Crippen molar-refractivity contribution in [3.05, 3.63) is 48.2 Å². The molecule has 1 heterocycles. The van der Waals surface area contributed by atoms with E-state index in [4.69, 9.17) is 4.74 Å². The number of hydrogen-bond acceptors (Lipinski definition) is 3. The normalized spacial score (nSPS) is 12.3. The predicted molar refractivity (Wildman–Crippen MR) is 150 cm³/mol. The Hall–Kier alpha value is -2.56. The highest BCUT2D eigenvalue weighted by Crippen LogP contribution is 2.19. The Bertz CT molecular complexity index is 902. The molecule has 2 N–H and O–H groups in total. The van der Waals surface area contributed by atoms with Crippen molar-refractivity contribution in [3.8, 4) is 0 Å². The summed E-state index contributed by atoms with van der Waals surface area (Å²) in [5.74, 6) is -0.453. The fourth-order valence-electron chi connectivity index (χ4n) is 4.58. The molecule has 200 valence electrons. The third-order valence-corrected chi connectivity index (χ3v) is 6.67. The van der Waals surface area contributed by atoms with Crippen LogP contribution in [0.15, 0.2) is 42.6 Å². The number of allylic oxidation sites excluding steroid dienone is 2. The molecule has 2 rings (SSSR count). The molecule has 1 aromatic carbocycles. The molecule has 0 unspecified atom stereocenters. The van der Waals surface area contributed by atoms with Crippen LogP contribution in [0.3, 0.4) is 0 Å². The summed E-state index contributed by atoms with van der Waals surface area (Å²) < 4.78 is 5.23. The van der Waals surface area contributed by atoms with Crippen molar-refractivity contribution in [3.63, 3.8) is 0 Å². The van der Waals surface area contributed by atoms with Crippen LogP contribution in [0.2, 0.25) is 0 Å². The molecule has 0 saturated heterocycles. The maximum absolute atomic E-state index is 12.6. The van der Waals surface area contributed by atoms with Gasteiger partial charge in [0.2, 0.25) is 5.91 Å². The molecule has 0 fully saturated rings. The summed E-state index contributed by atoms with van der Waals surface area (Å²) in [7, 11) is 0. The summed E-state index contributed by atoms with van der Waals surface area (Å²) >= 11 is 0. The van der Waals surface area contributed by atoms with Crippen molar-refractivity contribution in [2.45, 2.75) is 116 Å². The van der Waals surface area contributed by atoms with Crippen LogP contribution in [0.25, 0.3) is 10.9 Å². The van der Waals surface area contributed by atoms with E-state index in [1.807, 2.05) is 30.5 Å². The number of aromatic amines is 1. The van der Waals surface area contributed by atoms with Crippen molar-refractivity contribution in [1.82, 2.24) is 10.3 Å². The van der Waals surface area contributed by atoms with Gasteiger partial charge in [0.15, 0.2) is 0 Å². The zero-order chi connectivity index (χ0) is 25.8. The van der Waals surface area contributed by atoms with Crippen LogP contribution in [0, 0.1) is 0 Å². The number of rotatable bonds is 20. The van der Waals surface area contributed by atoms with E-state index >= 15 is 0 Å². The van der Waals surface area contributed by atoms with Crippen LogP contribution in [-0.4, -0.2) is 29.5 Å². The van der Waals surface area contributed by atoms with E-state index in [1.165, 1.54) is 57.8 Å². The fourth-order valence-corrected chi connectivity index (χ4v) is 4.58. The third kappa shape index (κ3) is 11.9. The van der Waals surface area contributed by atoms with Gasteiger partial charge in [-0.15, -0.1) is 0 Å². The highest BCUT2D eigenvalue weighted by molar-refractivity contribution is 5.87. The first kappa shape index (κ1) is 29.7. The number of hydrogen-bond donors (Lipinski definition) is 2. The standard InChI is InChI=1S/C31H48N2O3/c1-3-5-6-7-8-9-10-11-12-13-14-15-16-17-18-23-30(34)33-29(31(35)36-4-2)24-26-25-32-28-22-20-19-21-27(26)28/h11-12,19-22,25,29,32H,3-10,13-18,23-24H2,1-2H3,(H,33,34)/b12-11+/t29-/m0/s1. The number of amides is 1. The Morgan fingerprint density at radius 3 is 2.22 bits per heavy atom. The lowest BCUT2D eigenvalue weighted by Gasteiger charge is -2.17. The zero-order valence-corrected chi connectivity index (χ0v) is 22.7. The van der Waals surface area contributed by atoms with Crippen LogP contribution in [0.1, 0.15) is 109 Å². The maximum Gasteiger partial charge on any atom is 0.328 e. The number of nitrogens with one attached hydrogen (secondary N) is 2. The Labute approximate surface area is 218 Å². The second-order valence-corrected chi connectivity index (χ2v) is 9.77. The molecule has 1 amide bonds. The van der Waals surface area contributed by atoms with Crippen molar-refractivity contribution < 1.29 is 14.3 Å². The molecule has 0 radical (unpaired) electrons. The minimum Gasteiger partial charge on any atom is -0.464 e. The smallest absolute Gasteiger partial charge is 0.328 e. The largest absolute Gasteiger partial charge is 0.464 e. The predicted octanol–water partition coefficient (Wildman–Crippen LogP) is 7.80. The second kappa shape index (κ2) is 18.7. The first-order chi connectivity index (χ1) is 17.7. The summed E-state index contributed by atoms with van der Waals surface area (Å²) in [6, 6.07) is 7.31. The Morgan fingerprint density at radius 1 is 0.889 bits per heavy atom. The maximum atomic E-state index is 12.6. The lowest BCUT2D eigenvalue weighted by molar-refractivity contribution is -0.147. The number of ether oxygens (including phenoxy) is 1. The van der Waals surface area contributed by atoms with Gasteiger partial charge in [-0.2, -0.15) is 0 Å². The van der Waals surface area contributed by atoms with Gasteiger partial charge in [0, 0.05) is 29.9 Å². The van der Waals surface area contributed by atoms with Crippen molar-refractivity contribution in [1.29, 1.82) is 0 Å². The summed E-state index contributed by atoms with van der Waals surface area (Å²) in [6.07, 6.45) is 23.4. The number of H-pyrrole nitrogens is 1. The number of fused-ring (bicyclic) bond motifs is 1. The molecule has 36 heavy (non-hydrogen) atoms. The van der Waals surface area contributed by atoms with Gasteiger partial charge in [0.1, 0.15) is 6.04 Å². The molecular formula is C31H48N2O3. The monoisotopic (exact) mass is 496 g/mol. The number of aromatic nitrogens is 1. The SMILES string of the molecule is CCCCCCCC/C=C/CCCCCCCC(=O)N[C@@H](Cc1c[nH]c2ccccc12)C(=O)OCC. The minimum atomic E-state index is -0.667. The molecule has 2 aromatic rings. The van der Waals surface area contributed by atoms with E-state index in [0.29, 0.717) is 19.4 Å². The molecule has 5 heteroatoms. The highest BCUT2D eigenvalue weighted by Gasteiger charge is 2.23. The summed E-state index contributed by atoms with van der Waals surface area (Å²) in [5, 5.41) is 3.99. The number of benzene rings is 1. The molecule has 0 aliphatic heterocycles. The average Bonchev–Trinajstić information content (AvgIpc) is 3.29. The highest BCUT2D eigenvalue weighted by atomic mass is 16.5. The van der Waals surface area contributed by atoms with E-state index in [1.54, 1.807) is 6.92 Å². The minimum absolute atomic E-state index is 0.0782. The Kier molecular flexibility index (Phi) is 15.4. The van der Waals surface area contributed by atoms with E-state index in [0.717, 1.165) is 42.1 Å². The van der Waals surface area contributed by atoms with Gasteiger partial charge in [0.05, 0.1) is 6.61 Å². The molecule has 1 aromatic heterocycles. The van der Waals surface area contributed by atoms with Crippen LogP contribution in [0.5, 0.6) is 0 Å². The zero-order valence-electron chi connectivity index (χ0n) is 22.7. The van der Waals surface area contributed by atoms with Crippen molar-refractivity contribution in [2.75, 3.05) is 6.61 Å². The van der Waals surface area contributed by atoms with Crippen LogP contribution < -0.4 is 5.32 Å². The molecule has 1 atom stereocenters. The molecular weight excluding hydrogens is 448 g/mol. The first-order valence-corrected chi connectivity index (χ1v) is 14.3. The number of unbranched alkanes of at least 4 members (excludes halogenated alkanes) is 11. The second-order valence-electron chi connectivity index (χ2n) is 9.77. The number of carbonyl (C=O) groups excluding carboxylic acids is 2. The Morgan fingerprint density at radius 2 is 1.53 bits per heavy atom. The number of para-hydroxylation sites is 1. The molecule has 5 nitrogen and oxygen atoms in total. The van der Waals surface area contributed by atoms with Gasteiger partial charge < -0.3 is 15.0 Å². The topological polar surface area (TPSA) is 71.2 Å². The van der Waals surface area contributed by atoms with Gasteiger partial charge in [-0.05, 0) is 50.7 Å².